The Balaban J connectivity index is 1.79. The van der Waals surface area contributed by atoms with Crippen molar-refractivity contribution in [2.24, 2.45) is 0 Å². The second kappa shape index (κ2) is 7.07. The fourth-order valence-electron chi connectivity index (χ4n) is 3.20. The fraction of sp³-hybridized carbons (Fsp3) is 0.471. The van der Waals surface area contributed by atoms with Crippen molar-refractivity contribution in [3.63, 3.8) is 0 Å². The van der Waals surface area contributed by atoms with E-state index in [2.05, 4.69) is 17.1 Å². The van der Waals surface area contributed by atoms with Gasteiger partial charge in [0, 0.05) is 25.6 Å². The molecule has 0 unspecified atom stereocenters. The Kier molecular flexibility index (Phi) is 4.87. The SMILES string of the molecule is CCCn1cnnc1[C@@H]1CCCN(C(=O)c2cc(F)ccc2F)C1. The van der Waals surface area contributed by atoms with E-state index in [0.717, 1.165) is 49.8 Å². The minimum Gasteiger partial charge on any atom is -0.338 e. The van der Waals surface area contributed by atoms with Crippen molar-refractivity contribution in [3.05, 3.63) is 47.5 Å². The molecule has 1 aliphatic heterocycles. The van der Waals surface area contributed by atoms with Gasteiger partial charge in [0.05, 0.1) is 5.56 Å². The Bertz CT molecular complexity index is 731. The van der Waals surface area contributed by atoms with Crippen LogP contribution in [0.5, 0.6) is 0 Å². The number of rotatable bonds is 4. The largest absolute Gasteiger partial charge is 0.338 e. The highest BCUT2D eigenvalue weighted by Crippen LogP contribution is 2.27. The Morgan fingerprint density at radius 2 is 2.21 bits per heavy atom. The molecule has 3 rings (SSSR count). The minimum absolute atomic E-state index is 0.0633. The van der Waals surface area contributed by atoms with Crippen LogP contribution in [-0.4, -0.2) is 38.7 Å². The number of carbonyl (C=O) groups is 1. The highest BCUT2D eigenvalue weighted by molar-refractivity contribution is 5.94. The highest BCUT2D eigenvalue weighted by atomic mass is 19.1. The first kappa shape index (κ1) is 16.5. The maximum atomic E-state index is 13.9. The summed E-state index contributed by atoms with van der Waals surface area (Å²) < 4.78 is 29.2. The lowest BCUT2D eigenvalue weighted by Gasteiger charge is -2.32. The van der Waals surface area contributed by atoms with Gasteiger partial charge in [-0.3, -0.25) is 4.79 Å². The summed E-state index contributed by atoms with van der Waals surface area (Å²) in [6.45, 7) is 3.88. The number of hydrogen-bond acceptors (Lipinski definition) is 3. The molecule has 2 heterocycles. The van der Waals surface area contributed by atoms with Crippen LogP contribution in [0.1, 0.15) is 48.3 Å². The lowest BCUT2D eigenvalue weighted by molar-refractivity contribution is 0.0698. The maximum Gasteiger partial charge on any atom is 0.256 e. The molecule has 0 saturated carbocycles. The van der Waals surface area contributed by atoms with Gasteiger partial charge in [0.25, 0.3) is 5.91 Å². The number of hydrogen-bond donors (Lipinski definition) is 0. The molecule has 1 aromatic carbocycles. The van der Waals surface area contributed by atoms with Gasteiger partial charge in [-0.2, -0.15) is 0 Å². The molecule has 0 spiro atoms. The van der Waals surface area contributed by atoms with E-state index in [1.54, 1.807) is 11.2 Å². The summed E-state index contributed by atoms with van der Waals surface area (Å²) in [5, 5.41) is 8.17. The van der Waals surface area contributed by atoms with E-state index in [4.69, 9.17) is 0 Å². The minimum atomic E-state index is -0.697. The average Bonchev–Trinajstić information content (AvgIpc) is 3.05. The predicted octanol–water partition coefficient (Wildman–Crippen LogP) is 2.99. The van der Waals surface area contributed by atoms with Crippen molar-refractivity contribution in [1.29, 1.82) is 0 Å². The van der Waals surface area contributed by atoms with Crippen LogP contribution in [0.4, 0.5) is 8.78 Å². The first-order chi connectivity index (χ1) is 11.6. The molecule has 7 heteroatoms. The van der Waals surface area contributed by atoms with Gasteiger partial charge in [0.2, 0.25) is 0 Å². The molecule has 5 nitrogen and oxygen atoms in total. The number of nitrogens with zero attached hydrogens (tertiary/aromatic N) is 4. The molecule has 1 fully saturated rings. The zero-order valence-electron chi connectivity index (χ0n) is 13.6. The van der Waals surface area contributed by atoms with E-state index < -0.39 is 17.5 Å². The molecule has 24 heavy (non-hydrogen) atoms. The summed E-state index contributed by atoms with van der Waals surface area (Å²) in [6.07, 6.45) is 4.37. The fourth-order valence-corrected chi connectivity index (χ4v) is 3.20. The summed E-state index contributed by atoms with van der Waals surface area (Å²) in [6, 6.07) is 2.96. The second-order valence-corrected chi connectivity index (χ2v) is 6.10. The van der Waals surface area contributed by atoms with E-state index >= 15 is 0 Å². The van der Waals surface area contributed by atoms with Gasteiger partial charge in [-0.15, -0.1) is 10.2 Å². The van der Waals surface area contributed by atoms with E-state index in [1.807, 2.05) is 4.57 Å². The summed E-state index contributed by atoms with van der Waals surface area (Å²) in [5.74, 6) is -0.866. The molecule has 0 aliphatic carbocycles. The molecule has 2 aromatic rings. The summed E-state index contributed by atoms with van der Waals surface area (Å²) >= 11 is 0. The van der Waals surface area contributed by atoms with Crippen LogP contribution in [0.15, 0.2) is 24.5 Å². The molecule has 0 N–H and O–H groups in total. The van der Waals surface area contributed by atoms with Gasteiger partial charge in [-0.1, -0.05) is 6.92 Å². The van der Waals surface area contributed by atoms with Crippen molar-refractivity contribution in [1.82, 2.24) is 19.7 Å². The molecule has 1 aliphatic rings. The lowest BCUT2D eigenvalue weighted by Crippen LogP contribution is -2.40. The van der Waals surface area contributed by atoms with E-state index in [9.17, 15) is 13.6 Å². The summed E-state index contributed by atoms with van der Waals surface area (Å²) in [4.78, 5) is 14.2. The van der Waals surface area contributed by atoms with Crippen LogP contribution in [0, 0.1) is 11.6 Å². The molecular weight excluding hydrogens is 314 g/mol. The molecule has 0 radical (unpaired) electrons. The number of amides is 1. The smallest absolute Gasteiger partial charge is 0.256 e. The predicted molar refractivity (Wildman–Crippen MR) is 84.5 cm³/mol. The molecule has 1 saturated heterocycles. The molecule has 128 valence electrons. The number of likely N-dealkylation sites (tertiary alicyclic amines) is 1. The Labute approximate surface area is 139 Å². The first-order valence-corrected chi connectivity index (χ1v) is 8.22. The van der Waals surface area contributed by atoms with E-state index in [1.165, 1.54) is 0 Å². The van der Waals surface area contributed by atoms with Crippen LogP contribution in [0.25, 0.3) is 0 Å². The van der Waals surface area contributed by atoms with Crippen molar-refractivity contribution in [2.45, 2.75) is 38.6 Å². The summed E-state index contributed by atoms with van der Waals surface area (Å²) in [7, 11) is 0. The topological polar surface area (TPSA) is 51.0 Å². The number of piperidine rings is 1. The quantitative estimate of drug-likeness (QED) is 0.864. The van der Waals surface area contributed by atoms with Crippen molar-refractivity contribution in [3.8, 4) is 0 Å². The third-order valence-corrected chi connectivity index (χ3v) is 4.34. The number of aromatic nitrogens is 3. The standard InChI is InChI=1S/C17H20F2N4O/c1-2-7-23-11-20-21-16(23)12-4-3-8-22(10-12)17(24)14-9-13(18)5-6-15(14)19/h5-6,9,11-12H,2-4,7-8,10H2,1H3/t12-/m1/s1. The van der Waals surface area contributed by atoms with Gasteiger partial charge in [-0.05, 0) is 37.5 Å². The van der Waals surface area contributed by atoms with Crippen molar-refractivity contribution in [2.75, 3.05) is 13.1 Å². The van der Waals surface area contributed by atoms with Crippen molar-refractivity contribution >= 4 is 5.91 Å². The number of aryl methyl sites for hydroxylation is 1. The monoisotopic (exact) mass is 334 g/mol. The summed E-state index contributed by atoms with van der Waals surface area (Å²) in [5.41, 5.74) is -0.217. The second-order valence-electron chi connectivity index (χ2n) is 6.10. The molecule has 0 bridgehead atoms. The van der Waals surface area contributed by atoms with Gasteiger partial charge in [0.15, 0.2) is 0 Å². The molecule has 1 amide bonds. The highest BCUT2D eigenvalue weighted by Gasteiger charge is 2.29. The zero-order valence-corrected chi connectivity index (χ0v) is 13.6. The lowest BCUT2D eigenvalue weighted by atomic mass is 9.96. The van der Waals surface area contributed by atoms with Crippen LogP contribution in [0.2, 0.25) is 0 Å². The van der Waals surface area contributed by atoms with E-state index in [-0.39, 0.29) is 11.5 Å². The van der Waals surface area contributed by atoms with Crippen LogP contribution < -0.4 is 0 Å². The molecule has 1 aromatic heterocycles. The molecule has 1 atom stereocenters. The third-order valence-electron chi connectivity index (χ3n) is 4.34. The van der Waals surface area contributed by atoms with Crippen LogP contribution in [0.3, 0.4) is 0 Å². The Hall–Kier alpha value is -2.31. The Morgan fingerprint density at radius 1 is 1.38 bits per heavy atom. The third kappa shape index (κ3) is 3.29. The Morgan fingerprint density at radius 3 is 3.00 bits per heavy atom. The van der Waals surface area contributed by atoms with Crippen molar-refractivity contribution < 1.29 is 13.6 Å². The van der Waals surface area contributed by atoms with Gasteiger partial charge in [-0.25, -0.2) is 8.78 Å². The maximum absolute atomic E-state index is 13.9. The zero-order chi connectivity index (χ0) is 17.1. The number of benzene rings is 1. The van der Waals surface area contributed by atoms with Gasteiger partial charge < -0.3 is 9.47 Å². The van der Waals surface area contributed by atoms with E-state index in [0.29, 0.717) is 13.1 Å². The number of carbonyl (C=O) groups excluding carboxylic acids is 1. The average molecular weight is 334 g/mol. The van der Waals surface area contributed by atoms with Crippen LogP contribution in [-0.2, 0) is 6.54 Å². The first-order valence-electron chi connectivity index (χ1n) is 8.22. The number of halogens is 2. The van der Waals surface area contributed by atoms with Crippen LogP contribution >= 0.6 is 0 Å². The van der Waals surface area contributed by atoms with Gasteiger partial charge >= 0.3 is 0 Å². The molecular formula is C17H20F2N4O. The van der Waals surface area contributed by atoms with Gasteiger partial charge in [0.1, 0.15) is 23.8 Å². The normalized spacial score (nSPS) is 18.0.